The predicted molar refractivity (Wildman–Crippen MR) is 97.3 cm³/mol. The minimum absolute atomic E-state index is 0.0837. The van der Waals surface area contributed by atoms with Crippen LogP contribution < -0.4 is 10.0 Å². The lowest BCUT2D eigenvalue weighted by Gasteiger charge is -2.07. The Labute approximate surface area is 164 Å². The smallest absolute Gasteiger partial charge is 0.272 e. The molecule has 1 amide bonds. The van der Waals surface area contributed by atoms with Gasteiger partial charge >= 0.3 is 0 Å². The summed E-state index contributed by atoms with van der Waals surface area (Å²) in [5.74, 6) is -1.14. The van der Waals surface area contributed by atoms with Crippen LogP contribution in [0.15, 0.2) is 58.2 Å². The molecule has 8 nitrogen and oxygen atoms in total. The lowest BCUT2D eigenvalue weighted by Crippen LogP contribution is -2.25. The standard InChI is InChI=1S/C17H14ClFN4O4S/c18-14-7-13(2-3-15(14)19)28(25,26)21-9-12-1-4-16(23-22-12)17(24)20-8-11-5-6-27-10-11/h1-7,10,21H,8-9H2,(H,20,24). The van der Waals surface area contributed by atoms with Gasteiger partial charge < -0.3 is 9.73 Å². The van der Waals surface area contributed by atoms with Crippen LogP contribution in [0.2, 0.25) is 5.02 Å². The number of carbonyl (C=O) groups excluding carboxylic acids is 1. The van der Waals surface area contributed by atoms with Crippen LogP contribution in [0, 0.1) is 5.82 Å². The van der Waals surface area contributed by atoms with Gasteiger partial charge in [0.05, 0.1) is 34.7 Å². The van der Waals surface area contributed by atoms with Crippen molar-refractivity contribution in [2.45, 2.75) is 18.0 Å². The van der Waals surface area contributed by atoms with E-state index >= 15 is 0 Å². The maximum atomic E-state index is 13.2. The predicted octanol–water partition coefficient (Wildman–Crippen LogP) is 2.27. The summed E-state index contributed by atoms with van der Waals surface area (Å²) < 4.78 is 44.8. The second kappa shape index (κ2) is 8.46. The van der Waals surface area contributed by atoms with Gasteiger partial charge in [0.1, 0.15) is 5.82 Å². The van der Waals surface area contributed by atoms with Gasteiger partial charge in [-0.3, -0.25) is 4.79 Å². The molecule has 3 aromatic rings. The van der Waals surface area contributed by atoms with Crippen molar-refractivity contribution >= 4 is 27.5 Å². The van der Waals surface area contributed by atoms with Gasteiger partial charge in [-0.25, -0.2) is 17.5 Å². The van der Waals surface area contributed by atoms with E-state index < -0.39 is 21.7 Å². The van der Waals surface area contributed by atoms with Crippen LogP contribution in [0.25, 0.3) is 0 Å². The number of halogens is 2. The van der Waals surface area contributed by atoms with Gasteiger partial charge in [-0.15, -0.1) is 5.10 Å². The molecule has 0 saturated heterocycles. The zero-order chi connectivity index (χ0) is 20.1. The molecule has 3 rings (SSSR count). The number of furan rings is 1. The second-order valence-electron chi connectivity index (χ2n) is 5.62. The van der Waals surface area contributed by atoms with E-state index in [2.05, 4.69) is 20.2 Å². The molecule has 2 aromatic heterocycles. The van der Waals surface area contributed by atoms with Crippen molar-refractivity contribution in [1.29, 1.82) is 0 Å². The van der Waals surface area contributed by atoms with Crippen LogP contribution in [0.1, 0.15) is 21.7 Å². The molecule has 0 aliphatic heterocycles. The summed E-state index contributed by atoms with van der Waals surface area (Å²) in [5, 5.41) is 9.97. The molecule has 0 radical (unpaired) electrons. The number of amides is 1. The van der Waals surface area contributed by atoms with Gasteiger partial charge in [-0.2, -0.15) is 5.10 Å². The topological polar surface area (TPSA) is 114 Å². The van der Waals surface area contributed by atoms with Gasteiger partial charge in [-0.05, 0) is 36.4 Å². The monoisotopic (exact) mass is 424 g/mol. The van der Waals surface area contributed by atoms with E-state index in [0.29, 0.717) is 5.69 Å². The Morgan fingerprint density at radius 3 is 2.61 bits per heavy atom. The van der Waals surface area contributed by atoms with Gasteiger partial charge in [0.15, 0.2) is 5.69 Å². The first kappa shape index (κ1) is 19.9. The minimum Gasteiger partial charge on any atom is -0.472 e. The van der Waals surface area contributed by atoms with E-state index in [0.717, 1.165) is 23.8 Å². The number of sulfonamides is 1. The number of hydrogen-bond donors (Lipinski definition) is 2. The lowest BCUT2D eigenvalue weighted by atomic mass is 10.3. The Morgan fingerprint density at radius 2 is 1.96 bits per heavy atom. The molecule has 0 unspecified atom stereocenters. The van der Waals surface area contributed by atoms with Crippen molar-refractivity contribution in [1.82, 2.24) is 20.2 Å². The molecule has 11 heteroatoms. The average molecular weight is 425 g/mol. The highest BCUT2D eigenvalue weighted by Gasteiger charge is 2.16. The number of hydrogen-bond acceptors (Lipinski definition) is 6. The van der Waals surface area contributed by atoms with E-state index in [9.17, 15) is 17.6 Å². The summed E-state index contributed by atoms with van der Waals surface area (Å²) >= 11 is 5.61. The molecule has 1 aromatic carbocycles. The van der Waals surface area contributed by atoms with Crippen LogP contribution >= 0.6 is 11.6 Å². The second-order valence-corrected chi connectivity index (χ2v) is 7.80. The first-order valence-electron chi connectivity index (χ1n) is 7.92. The van der Waals surface area contributed by atoms with E-state index in [4.69, 9.17) is 16.0 Å². The third-order valence-corrected chi connectivity index (χ3v) is 5.32. The average Bonchev–Trinajstić information content (AvgIpc) is 3.20. The van der Waals surface area contributed by atoms with Crippen molar-refractivity contribution in [3.63, 3.8) is 0 Å². The highest BCUT2D eigenvalue weighted by molar-refractivity contribution is 7.89. The van der Waals surface area contributed by atoms with Crippen molar-refractivity contribution in [2.24, 2.45) is 0 Å². The molecule has 0 atom stereocenters. The maximum absolute atomic E-state index is 13.2. The summed E-state index contributed by atoms with van der Waals surface area (Å²) in [6.45, 7) is 0.111. The highest BCUT2D eigenvalue weighted by Crippen LogP contribution is 2.19. The van der Waals surface area contributed by atoms with Crippen molar-refractivity contribution in [2.75, 3.05) is 0 Å². The van der Waals surface area contributed by atoms with E-state index in [-0.39, 0.29) is 28.7 Å². The summed E-state index contributed by atoms with van der Waals surface area (Å²) in [5.41, 5.74) is 1.18. The molecule has 0 spiro atoms. The molecule has 0 saturated carbocycles. The van der Waals surface area contributed by atoms with Crippen LogP contribution in [-0.4, -0.2) is 24.5 Å². The minimum atomic E-state index is -3.91. The largest absolute Gasteiger partial charge is 0.472 e. The summed E-state index contributed by atoms with van der Waals surface area (Å²) in [7, 11) is -3.91. The van der Waals surface area contributed by atoms with Crippen molar-refractivity contribution in [3.8, 4) is 0 Å². The molecule has 0 aliphatic rings. The maximum Gasteiger partial charge on any atom is 0.272 e. The Kier molecular flexibility index (Phi) is 6.02. The molecule has 146 valence electrons. The van der Waals surface area contributed by atoms with Gasteiger partial charge in [-0.1, -0.05) is 11.6 Å². The quantitative estimate of drug-likeness (QED) is 0.601. The van der Waals surface area contributed by atoms with E-state index in [1.165, 1.54) is 24.7 Å². The number of carbonyl (C=O) groups is 1. The van der Waals surface area contributed by atoms with E-state index in [1.54, 1.807) is 6.07 Å². The van der Waals surface area contributed by atoms with Crippen LogP contribution in [0.5, 0.6) is 0 Å². The van der Waals surface area contributed by atoms with Gasteiger partial charge in [0.2, 0.25) is 10.0 Å². The summed E-state index contributed by atoms with van der Waals surface area (Å²) in [6.07, 6.45) is 3.01. The van der Waals surface area contributed by atoms with Gasteiger partial charge in [0, 0.05) is 12.1 Å². The molecule has 28 heavy (non-hydrogen) atoms. The summed E-state index contributed by atoms with van der Waals surface area (Å²) in [6, 6.07) is 7.69. The number of benzene rings is 1. The van der Waals surface area contributed by atoms with Crippen LogP contribution in [0.4, 0.5) is 4.39 Å². The fraction of sp³-hybridized carbons (Fsp3) is 0.118. The lowest BCUT2D eigenvalue weighted by molar-refractivity contribution is 0.0944. The SMILES string of the molecule is O=C(NCc1ccoc1)c1ccc(CNS(=O)(=O)c2ccc(F)c(Cl)c2)nn1. The first-order chi connectivity index (χ1) is 13.3. The molecule has 0 fully saturated rings. The zero-order valence-electron chi connectivity index (χ0n) is 14.2. The van der Waals surface area contributed by atoms with Gasteiger partial charge in [0.25, 0.3) is 5.91 Å². The molecular weight excluding hydrogens is 411 g/mol. The number of rotatable bonds is 7. The third kappa shape index (κ3) is 4.91. The highest BCUT2D eigenvalue weighted by atomic mass is 35.5. The third-order valence-electron chi connectivity index (χ3n) is 3.63. The van der Waals surface area contributed by atoms with Crippen LogP contribution in [-0.2, 0) is 23.1 Å². The number of nitrogens with one attached hydrogen (secondary N) is 2. The molecule has 0 bridgehead atoms. The Morgan fingerprint density at radius 1 is 1.14 bits per heavy atom. The fourth-order valence-corrected chi connectivity index (χ4v) is 3.41. The Bertz CT molecular complexity index is 1070. The van der Waals surface area contributed by atoms with Crippen LogP contribution in [0.3, 0.4) is 0 Å². The normalized spacial score (nSPS) is 11.4. The Balaban J connectivity index is 1.59. The van der Waals surface area contributed by atoms with Crippen molar-refractivity contribution < 1.29 is 22.0 Å². The number of aromatic nitrogens is 2. The van der Waals surface area contributed by atoms with Crippen molar-refractivity contribution in [3.05, 3.63) is 76.7 Å². The first-order valence-corrected chi connectivity index (χ1v) is 9.78. The number of nitrogens with zero attached hydrogens (tertiary/aromatic N) is 2. The molecular formula is C17H14ClFN4O4S. The zero-order valence-corrected chi connectivity index (χ0v) is 15.8. The fourth-order valence-electron chi connectivity index (χ4n) is 2.14. The molecule has 2 heterocycles. The molecule has 2 N–H and O–H groups in total. The molecule has 0 aliphatic carbocycles. The Hall–Kier alpha value is -2.82. The van der Waals surface area contributed by atoms with E-state index in [1.807, 2.05) is 0 Å². The summed E-state index contributed by atoms with van der Waals surface area (Å²) in [4.78, 5) is 11.8.